The van der Waals surface area contributed by atoms with Gasteiger partial charge < -0.3 is 10.2 Å². The number of carbonyl (C=O) groups is 2. The molecule has 0 spiro atoms. The minimum atomic E-state index is -3.76. The number of para-hydroxylation sites is 1. The van der Waals surface area contributed by atoms with Crippen molar-refractivity contribution < 1.29 is 18.0 Å². The number of nitrogens with one attached hydrogen (secondary N) is 1. The number of hydrogen-bond acceptors (Lipinski definition) is 4. The Hall–Kier alpha value is -3.17. The molecule has 3 rings (SSSR count). The smallest absolute Gasteiger partial charge is 0.244 e. The molecule has 0 aliphatic carbocycles. The third-order valence-corrected chi connectivity index (χ3v) is 7.18. The van der Waals surface area contributed by atoms with Gasteiger partial charge in [-0.05, 0) is 35.4 Å². The van der Waals surface area contributed by atoms with E-state index in [0.29, 0.717) is 5.69 Å². The molecule has 3 aromatic rings. The van der Waals surface area contributed by atoms with Gasteiger partial charge in [-0.15, -0.1) is 0 Å². The first-order valence-corrected chi connectivity index (χ1v) is 13.7. The molecule has 0 radical (unpaired) electrons. The van der Waals surface area contributed by atoms with Crippen molar-refractivity contribution in [1.82, 2.24) is 10.2 Å². The number of halogens is 1. The van der Waals surface area contributed by atoms with Crippen molar-refractivity contribution in [2.75, 3.05) is 24.2 Å². The van der Waals surface area contributed by atoms with Gasteiger partial charge in [-0.3, -0.25) is 13.9 Å². The highest BCUT2D eigenvalue weighted by atomic mass is 79.9. The van der Waals surface area contributed by atoms with Crippen molar-refractivity contribution >= 4 is 43.5 Å². The van der Waals surface area contributed by atoms with Crippen LogP contribution in [-0.4, -0.2) is 51.0 Å². The van der Waals surface area contributed by atoms with Gasteiger partial charge in [0.2, 0.25) is 21.8 Å². The molecule has 0 aliphatic rings. The van der Waals surface area contributed by atoms with E-state index in [1.165, 1.54) is 11.9 Å². The molecular formula is C26H28BrN3O4S. The molecule has 0 saturated heterocycles. The Labute approximate surface area is 214 Å². The van der Waals surface area contributed by atoms with E-state index in [2.05, 4.69) is 21.2 Å². The van der Waals surface area contributed by atoms with Gasteiger partial charge >= 0.3 is 0 Å². The third kappa shape index (κ3) is 7.40. The number of amides is 2. The first kappa shape index (κ1) is 26.4. The molecule has 0 fully saturated rings. The van der Waals surface area contributed by atoms with E-state index in [1.807, 2.05) is 54.6 Å². The summed E-state index contributed by atoms with van der Waals surface area (Å²) in [7, 11) is -2.23. The normalized spacial score (nSPS) is 12.0. The van der Waals surface area contributed by atoms with E-state index in [9.17, 15) is 18.0 Å². The lowest BCUT2D eigenvalue weighted by Crippen LogP contribution is -2.52. The van der Waals surface area contributed by atoms with Crippen LogP contribution in [0.2, 0.25) is 0 Å². The van der Waals surface area contributed by atoms with Crippen LogP contribution in [0.15, 0.2) is 89.4 Å². The van der Waals surface area contributed by atoms with Gasteiger partial charge in [-0.25, -0.2) is 8.42 Å². The van der Waals surface area contributed by atoms with Gasteiger partial charge in [-0.2, -0.15) is 0 Å². The van der Waals surface area contributed by atoms with Crippen molar-refractivity contribution in [1.29, 1.82) is 0 Å². The van der Waals surface area contributed by atoms with E-state index in [4.69, 9.17) is 0 Å². The van der Waals surface area contributed by atoms with Crippen molar-refractivity contribution in [3.05, 3.63) is 101 Å². The molecule has 9 heteroatoms. The Morgan fingerprint density at radius 1 is 0.886 bits per heavy atom. The maximum absolute atomic E-state index is 13.7. The third-order valence-electron chi connectivity index (χ3n) is 5.51. The summed E-state index contributed by atoms with van der Waals surface area (Å²) < 4.78 is 27.2. The molecule has 2 amide bonds. The topological polar surface area (TPSA) is 86.8 Å². The number of nitrogens with zero attached hydrogens (tertiary/aromatic N) is 2. The monoisotopic (exact) mass is 557 g/mol. The zero-order valence-corrected chi connectivity index (χ0v) is 22.0. The summed E-state index contributed by atoms with van der Waals surface area (Å²) in [5.74, 6) is -0.809. The number of benzene rings is 3. The van der Waals surface area contributed by atoms with Crippen LogP contribution in [0.1, 0.15) is 11.1 Å². The van der Waals surface area contributed by atoms with Crippen LogP contribution in [0.3, 0.4) is 0 Å². The van der Waals surface area contributed by atoms with Crippen LogP contribution in [0.4, 0.5) is 5.69 Å². The standard InChI is InChI=1S/C26H28BrN3O4S/c1-28-26(32)24(17-20-9-5-3-6-10-20)29(18-21-13-15-22(27)16-14-21)25(31)19-30(35(2,33)34)23-11-7-4-8-12-23/h3-16,24H,17-19H2,1-2H3,(H,28,32). The predicted octanol–water partition coefficient (Wildman–Crippen LogP) is 3.60. The molecule has 3 aromatic carbocycles. The van der Waals surface area contributed by atoms with Gasteiger partial charge in [-0.1, -0.05) is 76.6 Å². The summed E-state index contributed by atoms with van der Waals surface area (Å²) in [4.78, 5) is 28.2. The lowest BCUT2D eigenvalue weighted by atomic mass is 10.0. The fraction of sp³-hybridized carbons (Fsp3) is 0.231. The summed E-state index contributed by atoms with van der Waals surface area (Å²) in [6.07, 6.45) is 1.35. The molecule has 35 heavy (non-hydrogen) atoms. The van der Waals surface area contributed by atoms with Gasteiger partial charge in [0.15, 0.2) is 0 Å². The molecule has 184 valence electrons. The number of likely N-dealkylation sites (N-methyl/N-ethyl adjacent to an activating group) is 1. The quantitative estimate of drug-likeness (QED) is 0.412. The van der Waals surface area contributed by atoms with Crippen LogP contribution in [-0.2, 0) is 32.6 Å². The number of hydrogen-bond donors (Lipinski definition) is 1. The van der Waals surface area contributed by atoms with Crippen LogP contribution in [0, 0.1) is 0 Å². The number of anilines is 1. The Morgan fingerprint density at radius 2 is 1.46 bits per heavy atom. The summed E-state index contributed by atoms with van der Waals surface area (Å²) in [5.41, 5.74) is 2.08. The average molecular weight is 558 g/mol. The zero-order valence-electron chi connectivity index (χ0n) is 19.6. The number of rotatable bonds is 10. The van der Waals surface area contributed by atoms with Crippen molar-refractivity contribution in [3.8, 4) is 0 Å². The molecule has 1 atom stereocenters. The molecule has 7 nitrogen and oxygen atoms in total. The molecule has 0 heterocycles. The molecule has 0 bridgehead atoms. The largest absolute Gasteiger partial charge is 0.357 e. The van der Waals surface area contributed by atoms with Gasteiger partial charge in [0.05, 0.1) is 11.9 Å². The SMILES string of the molecule is CNC(=O)C(Cc1ccccc1)N(Cc1ccc(Br)cc1)C(=O)CN(c1ccccc1)S(C)(=O)=O. The summed E-state index contributed by atoms with van der Waals surface area (Å²) >= 11 is 3.41. The van der Waals surface area contributed by atoms with Crippen LogP contribution >= 0.6 is 15.9 Å². The second-order valence-electron chi connectivity index (χ2n) is 8.07. The van der Waals surface area contributed by atoms with E-state index in [0.717, 1.165) is 26.2 Å². The number of sulfonamides is 1. The molecule has 0 saturated carbocycles. The first-order valence-electron chi connectivity index (χ1n) is 11.0. The molecule has 0 aromatic heterocycles. The van der Waals surface area contributed by atoms with Crippen LogP contribution in [0.25, 0.3) is 0 Å². The number of carbonyl (C=O) groups excluding carboxylic acids is 2. The van der Waals surface area contributed by atoms with E-state index in [1.54, 1.807) is 30.3 Å². The Balaban J connectivity index is 2.00. The lowest BCUT2D eigenvalue weighted by Gasteiger charge is -2.33. The second-order valence-corrected chi connectivity index (χ2v) is 10.9. The van der Waals surface area contributed by atoms with Gasteiger partial charge in [0, 0.05) is 24.5 Å². The van der Waals surface area contributed by atoms with Crippen molar-refractivity contribution in [2.24, 2.45) is 0 Å². The Bertz CT molecular complexity index is 1240. The second kappa shape index (κ2) is 12.0. The van der Waals surface area contributed by atoms with Crippen LogP contribution < -0.4 is 9.62 Å². The summed E-state index contributed by atoms with van der Waals surface area (Å²) in [5, 5.41) is 2.66. The summed E-state index contributed by atoms with van der Waals surface area (Å²) in [6, 6.07) is 24.5. The highest BCUT2D eigenvalue weighted by molar-refractivity contribution is 9.10. The van der Waals surface area contributed by atoms with Gasteiger partial charge in [0.1, 0.15) is 12.6 Å². The van der Waals surface area contributed by atoms with E-state index < -0.39 is 28.5 Å². The minimum absolute atomic E-state index is 0.142. The minimum Gasteiger partial charge on any atom is -0.357 e. The first-order chi connectivity index (χ1) is 16.7. The summed E-state index contributed by atoms with van der Waals surface area (Å²) in [6.45, 7) is -0.287. The fourth-order valence-corrected chi connectivity index (χ4v) is 4.83. The van der Waals surface area contributed by atoms with Crippen molar-refractivity contribution in [2.45, 2.75) is 19.0 Å². The highest BCUT2D eigenvalue weighted by Gasteiger charge is 2.32. The Kier molecular flexibility index (Phi) is 9.06. The molecule has 1 unspecified atom stereocenters. The van der Waals surface area contributed by atoms with Gasteiger partial charge in [0.25, 0.3) is 0 Å². The van der Waals surface area contributed by atoms with E-state index in [-0.39, 0.29) is 18.9 Å². The van der Waals surface area contributed by atoms with E-state index >= 15 is 0 Å². The maximum Gasteiger partial charge on any atom is 0.244 e. The zero-order chi connectivity index (χ0) is 25.4. The lowest BCUT2D eigenvalue weighted by molar-refractivity contribution is -0.139. The molecular weight excluding hydrogens is 530 g/mol. The molecule has 0 aliphatic heterocycles. The molecule has 1 N–H and O–H groups in total. The Morgan fingerprint density at radius 3 is 2.00 bits per heavy atom. The highest BCUT2D eigenvalue weighted by Crippen LogP contribution is 2.20. The average Bonchev–Trinajstić information content (AvgIpc) is 2.85. The van der Waals surface area contributed by atoms with Crippen molar-refractivity contribution in [3.63, 3.8) is 0 Å². The van der Waals surface area contributed by atoms with Crippen LogP contribution in [0.5, 0.6) is 0 Å². The fourth-order valence-electron chi connectivity index (χ4n) is 3.72. The maximum atomic E-state index is 13.7. The predicted molar refractivity (Wildman–Crippen MR) is 141 cm³/mol.